The first-order chi connectivity index (χ1) is 6.88. The molecule has 0 aromatic carbocycles. The maximum atomic E-state index is 5.10. The molecule has 1 aromatic rings. The number of nitrogens with zero attached hydrogens (tertiary/aromatic N) is 2. The van der Waals surface area contributed by atoms with Gasteiger partial charge in [-0.3, -0.25) is 0 Å². The van der Waals surface area contributed by atoms with E-state index in [-0.39, 0.29) is 12.4 Å². The quantitative estimate of drug-likeness (QED) is 0.863. The second-order valence-corrected chi connectivity index (χ2v) is 3.59. The molecule has 84 valence electrons. The summed E-state index contributed by atoms with van der Waals surface area (Å²) < 4.78 is 5.10. The largest absolute Gasteiger partial charge is 0.335 e. The van der Waals surface area contributed by atoms with Crippen LogP contribution in [0.2, 0.25) is 0 Å². The molecule has 0 saturated heterocycles. The van der Waals surface area contributed by atoms with Crippen molar-refractivity contribution in [3.05, 3.63) is 17.3 Å². The Labute approximate surface area is 95.5 Å². The lowest BCUT2D eigenvalue weighted by Crippen LogP contribution is -2.06. The Kier molecular flexibility index (Phi) is 4.78. The molecule has 1 fully saturated rings. The summed E-state index contributed by atoms with van der Waals surface area (Å²) in [6, 6.07) is 0. The van der Waals surface area contributed by atoms with Gasteiger partial charge in [0, 0.05) is 6.08 Å². The molecule has 0 atom stereocenters. The lowest BCUT2D eigenvalue weighted by Gasteiger charge is -1.89. The van der Waals surface area contributed by atoms with Crippen LogP contribution in [-0.2, 0) is 6.54 Å². The standard InChI is InChI=1S/C10H15N3O.ClH/c1-11-7-9-12-10(14-13-9)6-8-4-2-3-5-8;/h6,11H,2-5,7H2,1H3;1H. The van der Waals surface area contributed by atoms with E-state index in [0.717, 1.165) is 5.82 Å². The zero-order chi connectivity index (χ0) is 9.80. The monoisotopic (exact) mass is 229 g/mol. The van der Waals surface area contributed by atoms with Crippen molar-refractivity contribution >= 4 is 18.5 Å². The molecule has 1 aliphatic carbocycles. The molecule has 2 rings (SSSR count). The van der Waals surface area contributed by atoms with E-state index in [4.69, 9.17) is 4.52 Å². The van der Waals surface area contributed by atoms with E-state index >= 15 is 0 Å². The molecule has 1 heterocycles. The SMILES string of the molecule is CNCc1noc(C=C2CCCC2)n1.Cl. The van der Waals surface area contributed by atoms with E-state index in [9.17, 15) is 0 Å². The minimum absolute atomic E-state index is 0. The fraction of sp³-hybridized carbons (Fsp3) is 0.600. The molecule has 0 amide bonds. The first kappa shape index (κ1) is 12.2. The van der Waals surface area contributed by atoms with Crippen molar-refractivity contribution in [2.45, 2.75) is 32.2 Å². The van der Waals surface area contributed by atoms with Crippen LogP contribution in [0.15, 0.2) is 10.1 Å². The predicted octanol–water partition coefficient (Wildman–Crippen LogP) is 2.17. The molecule has 0 bridgehead atoms. The van der Waals surface area contributed by atoms with E-state index in [1.165, 1.54) is 31.3 Å². The molecule has 4 nitrogen and oxygen atoms in total. The van der Waals surface area contributed by atoms with Gasteiger partial charge in [0.1, 0.15) is 0 Å². The molecular formula is C10H16ClN3O. The number of halogens is 1. The highest BCUT2D eigenvalue weighted by molar-refractivity contribution is 5.85. The summed E-state index contributed by atoms with van der Waals surface area (Å²) in [7, 11) is 1.87. The summed E-state index contributed by atoms with van der Waals surface area (Å²) in [6.07, 6.45) is 6.99. The van der Waals surface area contributed by atoms with Crippen LogP contribution >= 0.6 is 12.4 Å². The van der Waals surface area contributed by atoms with E-state index in [1.54, 1.807) is 0 Å². The molecule has 0 spiro atoms. The molecule has 5 heteroatoms. The second-order valence-electron chi connectivity index (χ2n) is 3.59. The molecule has 1 saturated carbocycles. The van der Waals surface area contributed by atoms with E-state index in [1.807, 2.05) is 13.1 Å². The average molecular weight is 230 g/mol. The van der Waals surface area contributed by atoms with Crippen LogP contribution < -0.4 is 5.32 Å². The first-order valence-electron chi connectivity index (χ1n) is 5.05. The second kappa shape index (κ2) is 5.88. The van der Waals surface area contributed by atoms with Crippen molar-refractivity contribution in [3.8, 4) is 0 Å². The van der Waals surface area contributed by atoms with Crippen molar-refractivity contribution in [1.82, 2.24) is 15.5 Å². The highest BCUT2D eigenvalue weighted by Crippen LogP contribution is 2.25. The lowest BCUT2D eigenvalue weighted by molar-refractivity contribution is 0.401. The van der Waals surface area contributed by atoms with Crippen molar-refractivity contribution in [2.75, 3.05) is 7.05 Å². The van der Waals surface area contributed by atoms with Gasteiger partial charge >= 0.3 is 0 Å². The molecule has 1 aromatic heterocycles. The Hall–Kier alpha value is -0.870. The van der Waals surface area contributed by atoms with Crippen LogP contribution in [0.4, 0.5) is 0 Å². The van der Waals surface area contributed by atoms with Crippen LogP contribution in [0, 0.1) is 0 Å². The summed E-state index contributed by atoms with van der Waals surface area (Å²) in [5.41, 5.74) is 1.43. The van der Waals surface area contributed by atoms with Gasteiger partial charge in [-0.25, -0.2) is 0 Å². The normalized spacial score (nSPS) is 15.1. The molecule has 1 N–H and O–H groups in total. The highest BCUT2D eigenvalue weighted by atomic mass is 35.5. The number of aromatic nitrogens is 2. The maximum Gasteiger partial charge on any atom is 0.250 e. The van der Waals surface area contributed by atoms with Gasteiger partial charge < -0.3 is 9.84 Å². The van der Waals surface area contributed by atoms with E-state index in [0.29, 0.717) is 12.4 Å². The minimum Gasteiger partial charge on any atom is -0.335 e. The van der Waals surface area contributed by atoms with Crippen LogP contribution in [0.25, 0.3) is 6.08 Å². The Balaban J connectivity index is 0.00000112. The zero-order valence-corrected chi connectivity index (χ0v) is 9.64. The van der Waals surface area contributed by atoms with Gasteiger partial charge in [0.05, 0.1) is 6.54 Å². The third-order valence-electron chi connectivity index (χ3n) is 2.39. The Morgan fingerprint density at radius 1 is 1.40 bits per heavy atom. The Bertz CT molecular complexity index is 327. The molecular weight excluding hydrogens is 214 g/mol. The Morgan fingerprint density at radius 2 is 2.13 bits per heavy atom. The van der Waals surface area contributed by atoms with Gasteiger partial charge in [-0.1, -0.05) is 10.7 Å². The van der Waals surface area contributed by atoms with Crippen molar-refractivity contribution in [2.24, 2.45) is 0 Å². The highest BCUT2D eigenvalue weighted by Gasteiger charge is 2.09. The fourth-order valence-electron chi connectivity index (χ4n) is 1.70. The summed E-state index contributed by atoms with van der Waals surface area (Å²) in [4.78, 5) is 4.25. The van der Waals surface area contributed by atoms with E-state index < -0.39 is 0 Å². The molecule has 0 unspecified atom stereocenters. The van der Waals surface area contributed by atoms with Gasteiger partial charge in [0.25, 0.3) is 5.89 Å². The number of allylic oxidation sites excluding steroid dienone is 1. The first-order valence-corrected chi connectivity index (χ1v) is 5.05. The number of nitrogens with one attached hydrogen (secondary N) is 1. The van der Waals surface area contributed by atoms with Gasteiger partial charge in [-0.15, -0.1) is 12.4 Å². The van der Waals surface area contributed by atoms with Crippen molar-refractivity contribution in [3.63, 3.8) is 0 Å². The third-order valence-corrected chi connectivity index (χ3v) is 2.39. The van der Waals surface area contributed by atoms with Crippen LogP contribution in [0.3, 0.4) is 0 Å². The summed E-state index contributed by atoms with van der Waals surface area (Å²) in [5.74, 6) is 1.37. The van der Waals surface area contributed by atoms with Gasteiger partial charge in [0.15, 0.2) is 5.82 Å². The third kappa shape index (κ3) is 3.32. The number of hydrogen-bond donors (Lipinski definition) is 1. The summed E-state index contributed by atoms with van der Waals surface area (Å²) >= 11 is 0. The molecule has 15 heavy (non-hydrogen) atoms. The van der Waals surface area contributed by atoms with E-state index in [2.05, 4.69) is 15.5 Å². The van der Waals surface area contributed by atoms with Crippen molar-refractivity contribution in [1.29, 1.82) is 0 Å². The smallest absolute Gasteiger partial charge is 0.250 e. The van der Waals surface area contributed by atoms with Gasteiger partial charge in [-0.05, 0) is 32.7 Å². The van der Waals surface area contributed by atoms with Crippen molar-refractivity contribution < 1.29 is 4.52 Å². The van der Waals surface area contributed by atoms with Gasteiger partial charge in [-0.2, -0.15) is 4.98 Å². The minimum atomic E-state index is 0. The topological polar surface area (TPSA) is 51.0 Å². The zero-order valence-electron chi connectivity index (χ0n) is 8.82. The number of hydrogen-bond acceptors (Lipinski definition) is 4. The maximum absolute atomic E-state index is 5.10. The van der Waals surface area contributed by atoms with Crippen LogP contribution in [0.5, 0.6) is 0 Å². The predicted molar refractivity (Wildman–Crippen MR) is 60.8 cm³/mol. The molecule has 0 radical (unpaired) electrons. The molecule has 0 aliphatic heterocycles. The number of rotatable bonds is 3. The van der Waals surface area contributed by atoms with Gasteiger partial charge in [0.2, 0.25) is 0 Å². The fourth-order valence-corrected chi connectivity index (χ4v) is 1.70. The van der Waals surface area contributed by atoms with Crippen LogP contribution in [0.1, 0.15) is 37.4 Å². The summed E-state index contributed by atoms with van der Waals surface area (Å²) in [5, 5.41) is 6.84. The van der Waals surface area contributed by atoms with Crippen LogP contribution in [-0.4, -0.2) is 17.2 Å². The summed E-state index contributed by atoms with van der Waals surface area (Å²) in [6.45, 7) is 0.659. The molecule has 1 aliphatic rings. The average Bonchev–Trinajstić information content (AvgIpc) is 2.79. The Morgan fingerprint density at radius 3 is 2.80 bits per heavy atom. The lowest BCUT2D eigenvalue weighted by atomic mass is 10.2.